The maximum atomic E-state index is 11.9. The van der Waals surface area contributed by atoms with E-state index in [1.54, 1.807) is 12.1 Å². The van der Waals surface area contributed by atoms with Crippen molar-refractivity contribution in [1.29, 1.82) is 0 Å². The van der Waals surface area contributed by atoms with Crippen LogP contribution in [0, 0.1) is 5.92 Å². The predicted molar refractivity (Wildman–Crippen MR) is 73.6 cm³/mol. The molecule has 4 nitrogen and oxygen atoms in total. The quantitative estimate of drug-likeness (QED) is 0.814. The Morgan fingerprint density at radius 2 is 1.84 bits per heavy atom. The summed E-state index contributed by atoms with van der Waals surface area (Å²) < 4.78 is 26.5. The van der Waals surface area contributed by atoms with E-state index in [1.165, 1.54) is 12.1 Å². The summed E-state index contributed by atoms with van der Waals surface area (Å²) in [6.07, 6.45) is 2.29. The van der Waals surface area contributed by atoms with Crippen LogP contribution < -0.4 is 4.72 Å². The molecule has 0 atom stereocenters. The predicted octanol–water partition coefficient (Wildman–Crippen LogP) is 2.36. The van der Waals surface area contributed by atoms with E-state index >= 15 is 0 Å². The van der Waals surface area contributed by atoms with Crippen LogP contribution in [0.3, 0.4) is 0 Å². The lowest BCUT2D eigenvalue weighted by molar-refractivity contribution is 0.0967. The second kappa shape index (κ2) is 5.43. The molecule has 0 unspecified atom stereocenters. The van der Waals surface area contributed by atoms with Gasteiger partial charge in [0.15, 0.2) is 5.78 Å². The first-order chi connectivity index (χ1) is 8.88. The van der Waals surface area contributed by atoms with Gasteiger partial charge in [0.05, 0.1) is 4.90 Å². The molecule has 0 amide bonds. The molecule has 0 heterocycles. The highest BCUT2D eigenvalue weighted by Gasteiger charge is 2.27. The van der Waals surface area contributed by atoms with Crippen LogP contribution >= 0.6 is 0 Å². The van der Waals surface area contributed by atoms with Gasteiger partial charge in [0, 0.05) is 18.0 Å². The Hall–Kier alpha value is -1.20. The van der Waals surface area contributed by atoms with Crippen molar-refractivity contribution in [2.45, 2.75) is 44.0 Å². The fraction of sp³-hybridized carbons (Fsp3) is 0.500. The van der Waals surface area contributed by atoms with Gasteiger partial charge < -0.3 is 0 Å². The highest BCUT2D eigenvalue weighted by molar-refractivity contribution is 7.89. The fourth-order valence-electron chi connectivity index (χ4n) is 1.80. The fourth-order valence-corrected chi connectivity index (χ4v) is 3.10. The van der Waals surface area contributed by atoms with E-state index in [1.807, 2.05) is 13.8 Å². The lowest BCUT2D eigenvalue weighted by Gasteiger charge is -2.07. The second-order valence-electron chi connectivity index (χ2n) is 5.44. The Balaban J connectivity index is 2.11. The van der Waals surface area contributed by atoms with Crippen molar-refractivity contribution in [3.8, 4) is 0 Å². The van der Waals surface area contributed by atoms with E-state index in [0.717, 1.165) is 12.8 Å². The summed E-state index contributed by atoms with van der Waals surface area (Å²) >= 11 is 0. The number of rotatable bonds is 6. The summed E-state index contributed by atoms with van der Waals surface area (Å²) in [5, 5.41) is 0. The number of benzene rings is 1. The molecule has 0 spiro atoms. The summed E-state index contributed by atoms with van der Waals surface area (Å²) in [5.74, 6) is 0.349. The highest BCUT2D eigenvalue weighted by atomic mass is 32.2. The van der Waals surface area contributed by atoms with Crippen LogP contribution in [-0.4, -0.2) is 20.2 Å². The molecule has 1 saturated carbocycles. The average Bonchev–Trinajstić information content (AvgIpc) is 3.11. The number of Topliss-reactive ketones (excluding diaryl/α,β-unsaturated/α-hetero) is 1. The molecule has 0 aromatic heterocycles. The van der Waals surface area contributed by atoms with E-state index in [4.69, 9.17) is 0 Å². The van der Waals surface area contributed by atoms with Crippen molar-refractivity contribution in [3.05, 3.63) is 29.8 Å². The smallest absolute Gasteiger partial charge is 0.240 e. The number of sulfonamides is 1. The standard InChI is InChI=1S/C14H19NO3S/c1-10(2)9-14(16)11-3-7-13(8-4-11)19(17,18)15-12-5-6-12/h3-4,7-8,10,12,15H,5-6,9H2,1-2H3. The number of hydrogen-bond donors (Lipinski definition) is 1. The molecule has 5 heteroatoms. The van der Waals surface area contributed by atoms with Gasteiger partial charge in [-0.1, -0.05) is 26.0 Å². The van der Waals surface area contributed by atoms with Gasteiger partial charge >= 0.3 is 0 Å². The van der Waals surface area contributed by atoms with E-state index in [9.17, 15) is 13.2 Å². The van der Waals surface area contributed by atoms with E-state index in [2.05, 4.69) is 4.72 Å². The molecule has 1 fully saturated rings. The van der Waals surface area contributed by atoms with E-state index in [0.29, 0.717) is 17.9 Å². The van der Waals surface area contributed by atoms with Crippen LogP contribution in [0.25, 0.3) is 0 Å². The molecule has 0 saturated heterocycles. The molecular weight excluding hydrogens is 262 g/mol. The number of ketones is 1. The number of carbonyl (C=O) groups is 1. The van der Waals surface area contributed by atoms with Crippen molar-refractivity contribution < 1.29 is 13.2 Å². The first-order valence-electron chi connectivity index (χ1n) is 6.54. The molecule has 1 N–H and O–H groups in total. The van der Waals surface area contributed by atoms with Gasteiger partial charge in [-0.2, -0.15) is 0 Å². The van der Waals surface area contributed by atoms with Crippen molar-refractivity contribution in [2.24, 2.45) is 5.92 Å². The van der Waals surface area contributed by atoms with Crippen molar-refractivity contribution in [1.82, 2.24) is 4.72 Å². The van der Waals surface area contributed by atoms with Gasteiger partial charge in [-0.25, -0.2) is 13.1 Å². The maximum absolute atomic E-state index is 11.9. The molecule has 0 aliphatic heterocycles. The largest absolute Gasteiger partial charge is 0.294 e. The third-order valence-electron chi connectivity index (χ3n) is 2.98. The van der Waals surface area contributed by atoms with Crippen LogP contribution in [0.15, 0.2) is 29.2 Å². The van der Waals surface area contributed by atoms with Crippen LogP contribution in [0.4, 0.5) is 0 Å². The van der Waals surface area contributed by atoms with Gasteiger partial charge in [0.2, 0.25) is 10.0 Å². The summed E-state index contributed by atoms with van der Waals surface area (Å²) in [5.41, 5.74) is 0.569. The monoisotopic (exact) mass is 281 g/mol. The van der Waals surface area contributed by atoms with Crippen molar-refractivity contribution in [3.63, 3.8) is 0 Å². The number of carbonyl (C=O) groups excluding carboxylic acids is 1. The van der Waals surface area contributed by atoms with Gasteiger partial charge in [-0.15, -0.1) is 0 Å². The molecular formula is C14H19NO3S. The Morgan fingerprint density at radius 3 is 2.32 bits per heavy atom. The summed E-state index contributed by atoms with van der Waals surface area (Å²) in [6, 6.07) is 6.27. The van der Waals surface area contributed by atoms with Crippen molar-refractivity contribution in [2.75, 3.05) is 0 Å². The molecule has 104 valence electrons. The van der Waals surface area contributed by atoms with Crippen LogP contribution in [-0.2, 0) is 10.0 Å². The second-order valence-corrected chi connectivity index (χ2v) is 7.16. The minimum atomic E-state index is -3.42. The Bertz CT molecular complexity index is 557. The van der Waals surface area contributed by atoms with Crippen LogP contribution in [0.1, 0.15) is 43.5 Å². The minimum Gasteiger partial charge on any atom is -0.294 e. The third-order valence-corrected chi connectivity index (χ3v) is 4.52. The summed E-state index contributed by atoms with van der Waals surface area (Å²) in [4.78, 5) is 12.1. The minimum absolute atomic E-state index is 0.0501. The Kier molecular flexibility index (Phi) is 4.06. The molecule has 1 aromatic rings. The first kappa shape index (κ1) is 14.2. The molecule has 0 bridgehead atoms. The first-order valence-corrected chi connectivity index (χ1v) is 8.02. The topological polar surface area (TPSA) is 63.2 Å². The van der Waals surface area contributed by atoms with Gasteiger partial charge in [0.25, 0.3) is 0 Å². The molecule has 19 heavy (non-hydrogen) atoms. The number of hydrogen-bond acceptors (Lipinski definition) is 3. The maximum Gasteiger partial charge on any atom is 0.240 e. The third kappa shape index (κ3) is 3.88. The molecule has 0 radical (unpaired) electrons. The van der Waals surface area contributed by atoms with Crippen LogP contribution in [0.5, 0.6) is 0 Å². The van der Waals surface area contributed by atoms with Gasteiger partial charge in [-0.3, -0.25) is 4.79 Å². The zero-order valence-corrected chi connectivity index (χ0v) is 12.0. The SMILES string of the molecule is CC(C)CC(=O)c1ccc(S(=O)(=O)NC2CC2)cc1. The average molecular weight is 281 g/mol. The molecule has 2 rings (SSSR count). The molecule has 1 aliphatic carbocycles. The zero-order valence-electron chi connectivity index (χ0n) is 11.2. The van der Waals surface area contributed by atoms with Gasteiger partial charge in [0.1, 0.15) is 0 Å². The zero-order chi connectivity index (χ0) is 14.0. The number of nitrogens with one attached hydrogen (secondary N) is 1. The highest BCUT2D eigenvalue weighted by Crippen LogP contribution is 2.22. The lowest BCUT2D eigenvalue weighted by atomic mass is 10.0. The van der Waals surface area contributed by atoms with Gasteiger partial charge in [-0.05, 0) is 30.9 Å². The summed E-state index contributed by atoms with van der Waals surface area (Å²) in [7, 11) is -3.42. The van der Waals surface area contributed by atoms with E-state index in [-0.39, 0.29) is 16.7 Å². The molecule has 1 aromatic carbocycles. The van der Waals surface area contributed by atoms with E-state index < -0.39 is 10.0 Å². The molecule has 1 aliphatic rings. The Labute approximate surface area is 114 Å². The Morgan fingerprint density at radius 1 is 1.26 bits per heavy atom. The van der Waals surface area contributed by atoms with Crippen LogP contribution in [0.2, 0.25) is 0 Å². The normalized spacial score (nSPS) is 15.7. The lowest BCUT2D eigenvalue weighted by Crippen LogP contribution is -2.25. The van der Waals surface area contributed by atoms with Crippen molar-refractivity contribution >= 4 is 15.8 Å². The summed E-state index contributed by atoms with van der Waals surface area (Å²) in [6.45, 7) is 3.96.